The summed E-state index contributed by atoms with van der Waals surface area (Å²) in [4.78, 5) is 16.8. The molecule has 1 unspecified atom stereocenters. The molecule has 2 aliphatic rings. The van der Waals surface area contributed by atoms with E-state index in [-0.39, 0.29) is 23.8 Å². The Morgan fingerprint density at radius 1 is 1.27 bits per heavy atom. The second-order valence-corrected chi connectivity index (χ2v) is 8.58. The molecule has 7 nitrogen and oxygen atoms in total. The first-order valence-corrected chi connectivity index (χ1v) is 11.2. The number of amides is 1. The number of anilines is 1. The fourth-order valence-corrected chi connectivity index (χ4v) is 4.36. The third-order valence-corrected chi connectivity index (χ3v) is 6.31. The average molecular weight is 417 g/mol. The van der Waals surface area contributed by atoms with Crippen LogP contribution in [-0.2, 0) is 16.1 Å². The second-order valence-electron chi connectivity index (χ2n) is 8.58. The van der Waals surface area contributed by atoms with Gasteiger partial charge in [0.15, 0.2) is 5.96 Å². The summed E-state index contributed by atoms with van der Waals surface area (Å²) >= 11 is 0. The largest absolute Gasteiger partial charge is 0.396 e. The molecule has 1 aromatic carbocycles. The molecule has 1 saturated heterocycles. The van der Waals surface area contributed by atoms with Crippen LogP contribution >= 0.6 is 0 Å². The minimum Gasteiger partial charge on any atom is -0.396 e. The molecule has 1 heterocycles. The number of nitrogens with zero attached hydrogens (tertiary/aromatic N) is 1. The van der Waals surface area contributed by atoms with Gasteiger partial charge in [0.25, 0.3) is 0 Å². The van der Waals surface area contributed by atoms with Gasteiger partial charge in [-0.2, -0.15) is 0 Å². The Bertz CT molecular complexity index is 710. The number of carbonyl (C=O) groups is 1. The van der Waals surface area contributed by atoms with Gasteiger partial charge in [-0.25, -0.2) is 0 Å². The zero-order chi connectivity index (χ0) is 21.2. The summed E-state index contributed by atoms with van der Waals surface area (Å²) < 4.78 is 5.55. The summed E-state index contributed by atoms with van der Waals surface area (Å²) in [6, 6.07) is 7.96. The maximum Gasteiger partial charge on any atom is 0.227 e. The predicted molar refractivity (Wildman–Crippen MR) is 119 cm³/mol. The first-order valence-electron chi connectivity index (χ1n) is 11.2. The number of aliphatic imine (C=N–C) groups is 1. The summed E-state index contributed by atoms with van der Waals surface area (Å²) in [5.41, 5.74) is 1.89. The normalized spacial score (nSPS) is 22.7. The molecule has 4 N–H and O–H groups in total. The number of ether oxygens (including phenoxy) is 1. The van der Waals surface area contributed by atoms with Crippen LogP contribution < -0.4 is 16.0 Å². The maximum atomic E-state index is 12.5. The van der Waals surface area contributed by atoms with Gasteiger partial charge in [0.05, 0.1) is 6.61 Å². The third-order valence-electron chi connectivity index (χ3n) is 6.31. The van der Waals surface area contributed by atoms with E-state index >= 15 is 0 Å². The molecule has 1 saturated carbocycles. The van der Waals surface area contributed by atoms with Crippen molar-refractivity contribution in [2.75, 3.05) is 38.7 Å². The Morgan fingerprint density at radius 3 is 2.80 bits per heavy atom. The zero-order valence-corrected chi connectivity index (χ0v) is 18.1. The van der Waals surface area contributed by atoms with Crippen LogP contribution in [0, 0.1) is 11.3 Å². The number of aliphatic hydroxyl groups excluding tert-OH is 1. The molecule has 1 aliphatic heterocycles. The number of carbonyl (C=O) groups excluding carboxylic acids is 1. The monoisotopic (exact) mass is 416 g/mol. The van der Waals surface area contributed by atoms with Gasteiger partial charge in [-0.05, 0) is 43.4 Å². The van der Waals surface area contributed by atoms with Gasteiger partial charge in [-0.1, -0.05) is 31.4 Å². The molecule has 3 rings (SSSR count). The highest BCUT2D eigenvalue weighted by atomic mass is 16.5. The van der Waals surface area contributed by atoms with Crippen molar-refractivity contribution in [3.8, 4) is 0 Å². The van der Waals surface area contributed by atoms with Crippen molar-refractivity contribution in [2.24, 2.45) is 16.3 Å². The molecule has 1 amide bonds. The Balaban J connectivity index is 1.49. The van der Waals surface area contributed by atoms with Crippen molar-refractivity contribution in [1.82, 2.24) is 10.6 Å². The average Bonchev–Trinajstić information content (AvgIpc) is 3.24. The van der Waals surface area contributed by atoms with E-state index in [0.717, 1.165) is 62.3 Å². The van der Waals surface area contributed by atoms with Crippen molar-refractivity contribution in [2.45, 2.75) is 51.5 Å². The van der Waals surface area contributed by atoms with Gasteiger partial charge in [0.2, 0.25) is 5.91 Å². The van der Waals surface area contributed by atoms with Crippen LogP contribution in [0.1, 0.15) is 50.5 Å². The molecule has 0 aromatic heterocycles. The first kappa shape index (κ1) is 22.6. The minimum atomic E-state index is -0.0321. The van der Waals surface area contributed by atoms with E-state index in [2.05, 4.69) is 20.9 Å². The molecule has 1 atom stereocenters. The number of benzene rings is 1. The van der Waals surface area contributed by atoms with Crippen LogP contribution in [0.25, 0.3) is 0 Å². The number of rotatable bonds is 8. The number of nitrogens with one attached hydrogen (secondary N) is 3. The smallest absolute Gasteiger partial charge is 0.227 e. The van der Waals surface area contributed by atoms with E-state index in [1.807, 2.05) is 24.3 Å². The Labute approximate surface area is 179 Å². The molecule has 30 heavy (non-hydrogen) atoms. The highest BCUT2D eigenvalue weighted by Gasteiger charge is 2.34. The van der Waals surface area contributed by atoms with E-state index in [1.54, 1.807) is 7.05 Å². The number of guanidine groups is 1. The summed E-state index contributed by atoms with van der Waals surface area (Å²) in [7, 11) is 1.75. The summed E-state index contributed by atoms with van der Waals surface area (Å²) in [5, 5.41) is 19.2. The maximum absolute atomic E-state index is 12.5. The number of hydrogen-bond acceptors (Lipinski definition) is 4. The summed E-state index contributed by atoms with van der Waals surface area (Å²) in [6.07, 6.45) is 7.21. The summed E-state index contributed by atoms with van der Waals surface area (Å²) in [5.74, 6) is 1.01. The van der Waals surface area contributed by atoms with Crippen molar-refractivity contribution in [3.05, 3.63) is 29.8 Å². The van der Waals surface area contributed by atoms with E-state index in [1.165, 1.54) is 6.42 Å². The molecular formula is C23H36N4O3. The molecule has 166 valence electrons. The topological polar surface area (TPSA) is 95.0 Å². The quantitative estimate of drug-likeness (QED) is 0.386. The lowest BCUT2D eigenvalue weighted by Gasteiger charge is -2.27. The lowest BCUT2D eigenvalue weighted by Crippen LogP contribution is -2.44. The SMILES string of the molecule is CN=C(NCc1cccc(NC(=O)C2CCCCC2)c1)NCC1(CCO)CCOC1. The highest BCUT2D eigenvalue weighted by molar-refractivity contribution is 5.92. The van der Waals surface area contributed by atoms with E-state index in [9.17, 15) is 9.90 Å². The van der Waals surface area contributed by atoms with Crippen LogP contribution in [0.3, 0.4) is 0 Å². The van der Waals surface area contributed by atoms with E-state index < -0.39 is 0 Å². The molecular weight excluding hydrogens is 380 g/mol. The fraction of sp³-hybridized carbons (Fsp3) is 0.652. The molecule has 2 fully saturated rings. The van der Waals surface area contributed by atoms with E-state index in [0.29, 0.717) is 19.7 Å². The summed E-state index contributed by atoms with van der Waals surface area (Å²) in [6.45, 7) is 2.89. The predicted octanol–water partition coefficient (Wildman–Crippen LogP) is 2.66. The minimum absolute atomic E-state index is 0.0321. The molecule has 1 aliphatic carbocycles. The lowest BCUT2D eigenvalue weighted by atomic mass is 9.84. The number of hydrogen-bond donors (Lipinski definition) is 4. The second kappa shape index (κ2) is 11.3. The van der Waals surface area contributed by atoms with Gasteiger partial charge in [0.1, 0.15) is 0 Å². The zero-order valence-electron chi connectivity index (χ0n) is 18.1. The molecule has 7 heteroatoms. The van der Waals surface area contributed by atoms with Crippen LogP contribution in [0.15, 0.2) is 29.3 Å². The van der Waals surface area contributed by atoms with Gasteiger partial charge >= 0.3 is 0 Å². The fourth-order valence-electron chi connectivity index (χ4n) is 4.36. The standard InChI is InChI=1S/C23H36N4O3/c1-24-22(26-16-23(10-12-28)11-13-30-17-23)25-15-18-6-5-9-20(14-18)27-21(29)19-7-3-2-4-8-19/h5-6,9,14,19,28H,2-4,7-8,10-13,15-17H2,1H3,(H,27,29)(H2,24,25,26). The Kier molecular flexibility index (Phi) is 8.51. The Hall–Kier alpha value is -2.12. The van der Waals surface area contributed by atoms with Crippen LogP contribution in [-0.4, -0.2) is 50.4 Å². The van der Waals surface area contributed by atoms with Crippen molar-refractivity contribution >= 4 is 17.6 Å². The van der Waals surface area contributed by atoms with Crippen molar-refractivity contribution in [3.63, 3.8) is 0 Å². The van der Waals surface area contributed by atoms with Crippen molar-refractivity contribution < 1.29 is 14.6 Å². The van der Waals surface area contributed by atoms with Gasteiger partial charge in [-0.3, -0.25) is 9.79 Å². The molecule has 1 aromatic rings. The van der Waals surface area contributed by atoms with Gasteiger partial charge in [0, 0.05) is 50.4 Å². The number of aliphatic hydroxyl groups is 1. The van der Waals surface area contributed by atoms with Gasteiger partial charge < -0.3 is 25.8 Å². The molecule has 0 radical (unpaired) electrons. The van der Waals surface area contributed by atoms with Crippen molar-refractivity contribution in [1.29, 1.82) is 0 Å². The molecule has 0 spiro atoms. The van der Waals surface area contributed by atoms with E-state index in [4.69, 9.17) is 4.74 Å². The van der Waals surface area contributed by atoms with Crippen LogP contribution in [0.4, 0.5) is 5.69 Å². The van der Waals surface area contributed by atoms with Gasteiger partial charge in [-0.15, -0.1) is 0 Å². The highest BCUT2D eigenvalue weighted by Crippen LogP contribution is 2.31. The van der Waals surface area contributed by atoms with Crippen LogP contribution in [0.5, 0.6) is 0 Å². The van der Waals surface area contributed by atoms with Crippen LogP contribution in [0.2, 0.25) is 0 Å². The lowest BCUT2D eigenvalue weighted by molar-refractivity contribution is -0.120. The first-order chi connectivity index (χ1) is 14.6. The Morgan fingerprint density at radius 2 is 2.10 bits per heavy atom. The third kappa shape index (κ3) is 6.44. The molecule has 0 bridgehead atoms.